The van der Waals surface area contributed by atoms with Crippen LogP contribution in [0, 0.1) is 17.3 Å². The van der Waals surface area contributed by atoms with E-state index in [1.165, 1.54) is 12.8 Å². The van der Waals surface area contributed by atoms with Crippen molar-refractivity contribution >= 4 is 0 Å². The fourth-order valence-corrected chi connectivity index (χ4v) is 3.23. The van der Waals surface area contributed by atoms with Crippen LogP contribution in [0.3, 0.4) is 0 Å². The van der Waals surface area contributed by atoms with Crippen LogP contribution in [0.1, 0.15) is 26.7 Å². The van der Waals surface area contributed by atoms with Gasteiger partial charge in [-0.15, -0.1) is 0 Å². The maximum Gasteiger partial charge on any atom is 0.0866 e. The summed E-state index contributed by atoms with van der Waals surface area (Å²) in [5.41, 5.74) is 0.482. The summed E-state index contributed by atoms with van der Waals surface area (Å²) in [4.78, 5) is 0. The van der Waals surface area contributed by atoms with Gasteiger partial charge in [0, 0.05) is 14.2 Å². The minimum Gasteiger partial charge on any atom is -0.379 e. The lowest BCUT2D eigenvalue weighted by molar-refractivity contribution is -0.209. The molecule has 0 spiro atoms. The first kappa shape index (κ1) is 9.47. The monoisotopic (exact) mass is 184 g/mol. The normalized spacial score (nSPS) is 47.1. The topological polar surface area (TPSA) is 18.5 Å². The predicted octanol–water partition coefficient (Wildman–Crippen LogP) is 2.08. The molecular formula is C11H20O2. The van der Waals surface area contributed by atoms with Crippen molar-refractivity contribution in [2.24, 2.45) is 17.3 Å². The van der Waals surface area contributed by atoms with Gasteiger partial charge in [-0.3, -0.25) is 0 Å². The zero-order chi connectivity index (χ0) is 9.64. The molecule has 0 heterocycles. The van der Waals surface area contributed by atoms with Crippen LogP contribution in [0.2, 0.25) is 0 Å². The summed E-state index contributed by atoms with van der Waals surface area (Å²) in [6, 6.07) is 0. The smallest absolute Gasteiger partial charge is 0.0866 e. The van der Waals surface area contributed by atoms with Gasteiger partial charge in [0.15, 0.2) is 0 Å². The molecule has 0 aliphatic heterocycles. The highest BCUT2D eigenvalue weighted by molar-refractivity contribution is 5.07. The Morgan fingerprint density at radius 3 is 2.23 bits per heavy atom. The Labute approximate surface area is 80.6 Å². The molecule has 4 atom stereocenters. The van der Waals surface area contributed by atoms with Crippen molar-refractivity contribution in [1.29, 1.82) is 0 Å². The Hall–Kier alpha value is -0.0800. The van der Waals surface area contributed by atoms with E-state index in [-0.39, 0.29) is 0 Å². The van der Waals surface area contributed by atoms with Gasteiger partial charge in [0.1, 0.15) is 0 Å². The van der Waals surface area contributed by atoms with Gasteiger partial charge in [0.2, 0.25) is 0 Å². The average molecular weight is 184 g/mol. The molecule has 76 valence electrons. The molecule has 0 amide bonds. The van der Waals surface area contributed by atoms with Crippen molar-refractivity contribution in [2.75, 3.05) is 14.2 Å². The molecule has 0 saturated heterocycles. The second kappa shape index (κ2) is 2.96. The fourth-order valence-electron chi connectivity index (χ4n) is 3.23. The number of hydrogen-bond donors (Lipinski definition) is 0. The standard InChI is InChI=1S/C11H20O2/c1-11(2)7-5-8(11)10(13-4)9(6-7)12-3/h7-10H,5-6H2,1-4H3/t7-,8?,9+,10?/m0/s1. The van der Waals surface area contributed by atoms with E-state index < -0.39 is 0 Å². The molecule has 13 heavy (non-hydrogen) atoms. The number of fused-ring (bicyclic) bond motifs is 2. The summed E-state index contributed by atoms with van der Waals surface area (Å²) >= 11 is 0. The van der Waals surface area contributed by atoms with Crippen LogP contribution in [0.15, 0.2) is 0 Å². The van der Waals surface area contributed by atoms with Gasteiger partial charge in [-0.25, -0.2) is 0 Å². The van der Waals surface area contributed by atoms with E-state index in [1.807, 2.05) is 7.11 Å². The van der Waals surface area contributed by atoms with Crippen molar-refractivity contribution in [3.8, 4) is 0 Å². The Kier molecular flexibility index (Phi) is 2.16. The Bertz CT molecular complexity index is 200. The summed E-state index contributed by atoms with van der Waals surface area (Å²) < 4.78 is 11.0. The van der Waals surface area contributed by atoms with Crippen LogP contribution in [0.25, 0.3) is 0 Å². The number of hydrogen-bond acceptors (Lipinski definition) is 2. The Morgan fingerprint density at radius 2 is 1.77 bits per heavy atom. The highest BCUT2D eigenvalue weighted by Gasteiger charge is 2.58. The molecule has 3 fully saturated rings. The van der Waals surface area contributed by atoms with E-state index in [0.717, 1.165) is 5.92 Å². The first-order valence-corrected chi connectivity index (χ1v) is 5.16. The quantitative estimate of drug-likeness (QED) is 0.654. The summed E-state index contributed by atoms with van der Waals surface area (Å²) in [6.07, 6.45) is 3.18. The number of methoxy groups -OCH3 is 2. The minimum atomic E-state index is 0.324. The van der Waals surface area contributed by atoms with Gasteiger partial charge < -0.3 is 9.47 Å². The van der Waals surface area contributed by atoms with E-state index in [4.69, 9.17) is 9.47 Å². The summed E-state index contributed by atoms with van der Waals surface area (Å²) in [5, 5.41) is 0. The molecular weight excluding hydrogens is 164 g/mol. The molecule has 0 aromatic carbocycles. The van der Waals surface area contributed by atoms with E-state index in [0.29, 0.717) is 23.5 Å². The molecule has 0 aromatic heterocycles. The summed E-state index contributed by atoms with van der Waals surface area (Å²) in [5.74, 6) is 1.56. The van der Waals surface area contributed by atoms with Gasteiger partial charge in [-0.05, 0) is 30.1 Å². The first-order valence-electron chi connectivity index (χ1n) is 5.16. The maximum atomic E-state index is 5.56. The summed E-state index contributed by atoms with van der Waals surface area (Å²) in [7, 11) is 3.61. The lowest BCUT2D eigenvalue weighted by Gasteiger charge is -2.61. The molecule has 3 aliphatic rings. The molecule has 0 N–H and O–H groups in total. The van der Waals surface area contributed by atoms with E-state index in [9.17, 15) is 0 Å². The van der Waals surface area contributed by atoms with Crippen molar-refractivity contribution in [3.05, 3.63) is 0 Å². The Morgan fingerprint density at radius 1 is 1.08 bits per heavy atom. The lowest BCUT2D eigenvalue weighted by Crippen LogP contribution is -2.61. The molecule has 2 nitrogen and oxygen atoms in total. The number of rotatable bonds is 2. The van der Waals surface area contributed by atoms with Crippen molar-refractivity contribution in [1.82, 2.24) is 0 Å². The summed E-state index contributed by atoms with van der Waals surface area (Å²) in [6.45, 7) is 4.73. The zero-order valence-corrected chi connectivity index (χ0v) is 9.04. The van der Waals surface area contributed by atoms with Gasteiger partial charge in [-0.2, -0.15) is 0 Å². The highest BCUT2D eigenvalue weighted by Crippen LogP contribution is 2.60. The zero-order valence-electron chi connectivity index (χ0n) is 9.04. The van der Waals surface area contributed by atoms with Crippen LogP contribution in [0.4, 0.5) is 0 Å². The van der Waals surface area contributed by atoms with Crippen LogP contribution < -0.4 is 0 Å². The molecule has 2 unspecified atom stereocenters. The Balaban J connectivity index is 2.13. The van der Waals surface area contributed by atoms with Gasteiger partial charge in [0.05, 0.1) is 12.2 Å². The third-order valence-corrected chi connectivity index (χ3v) is 4.40. The second-order valence-corrected chi connectivity index (χ2v) is 5.07. The van der Waals surface area contributed by atoms with Crippen molar-refractivity contribution < 1.29 is 9.47 Å². The maximum absolute atomic E-state index is 5.56. The lowest BCUT2D eigenvalue weighted by atomic mass is 9.47. The molecule has 3 saturated carbocycles. The average Bonchev–Trinajstić information content (AvgIpc) is 2.16. The van der Waals surface area contributed by atoms with E-state index >= 15 is 0 Å². The fraction of sp³-hybridized carbons (Fsp3) is 1.00. The number of ether oxygens (including phenoxy) is 2. The molecule has 3 aliphatic carbocycles. The van der Waals surface area contributed by atoms with Crippen LogP contribution in [-0.2, 0) is 9.47 Å². The van der Waals surface area contributed by atoms with Crippen molar-refractivity contribution in [3.63, 3.8) is 0 Å². The third kappa shape index (κ3) is 1.15. The third-order valence-electron chi connectivity index (χ3n) is 4.40. The van der Waals surface area contributed by atoms with Crippen LogP contribution in [-0.4, -0.2) is 26.4 Å². The highest BCUT2D eigenvalue weighted by atomic mass is 16.5. The molecule has 2 heteroatoms. The molecule has 2 bridgehead atoms. The molecule has 0 radical (unpaired) electrons. The van der Waals surface area contributed by atoms with Gasteiger partial charge in [-0.1, -0.05) is 13.8 Å². The van der Waals surface area contributed by atoms with Crippen LogP contribution in [0.5, 0.6) is 0 Å². The van der Waals surface area contributed by atoms with Gasteiger partial charge in [0.25, 0.3) is 0 Å². The SMILES string of the molecule is COC1C2C[C@@H](C[C@H]1OC)C2(C)C. The van der Waals surface area contributed by atoms with E-state index in [2.05, 4.69) is 13.8 Å². The minimum absolute atomic E-state index is 0.324. The van der Waals surface area contributed by atoms with Crippen LogP contribution >= 0.6 is 0 Å². The second-order valence-electron chi connectivity index (χ2n) is 5.07. The molecule has 3 rings (SSSR count). The van der Waals surface area contributed by atoms with Gasteiger partial charge >= 0.3 is 0 Å². The van der Waals surface area contributed by atoms with E-state index in [1.54, 1.807) is 7.11 Å². The van der Waals surface area contributed by atoms with Crippen molar-refractivity contribution in [2.45, 2.75) is 38.9 Å². The predicted molar refractivity (Wildman–Crippen MR) is 51.6 cm³/mol. The first-order chi connectivity index (χ1) is 6.11. The largest absolute Gasteiger partial charge is 0.379 e. The molecule has 0 aromatic rings.